The fraction of sp³-hybridized carbons (Fsp3) is 0.150. The van der Waals surface area contributed by atoms with E-state index in [0.717, 1.165) is 0 Å². The number of hydrogen-bond acceptors (Lipinski definition) is 6. The van der Waals surface area contributed by atoms with Gasteiger partial charge in [0.1, 0.15) is 17.3 Å². The summed E-state index contributed by atoms with van der Waals surface area (Å²) in [5.74, 6) is 0.0172. The Kier molecular flexibility index (Phi) is 6.01. The second kappa shape index (κ2) is 8.81. The van der Waals surface area contributed by atoms with Crippen molar-refractivity contribution in [3.05, 3.63) is 82.4 Å². The van der Waals surface area contributed by atoms with Crippen molar-refractivity contribution in [1.82, 2.24) is 0 Å². The van der Waals surface area contributed by atoms with Crippen molar-refractivity contribution in [2.45, 2.75) is 6.42 Å². The third kappa shape index (κ3) is 4.94. The smallest absolute Gasteiger partial charge is 0.374 e. The molecule has 1 heterocycles. The van der Waals surface area contributed by atoms with Crippen LogP contribution < -0.4 is 4.74 Å². The summed E-state index contributed by atoms with van der Waals surface area (Å²) in [5.41, 5.74) is 0.579. The van der Waals surface area contributed by atoms with Crippen molar-refractivity contribution in [3.8, 4) is 17.1 Å². The Hall–Kier alpha value is -3.68. The molecule has 0 saturated heterocycles. The van der Waals surface area contributed by atoms with Gasteiger partial charge >= 0.3 is 5.97 Å². The van der Waals surface area contributed by atoms with Crippen LogP contribution in [0.5, 0.6) is 5.75 Å². The summed E-state index contributed by atoms with van der Waals surface area (Å²) < 4.78 is 28.8. The summed E-state index contributed by atoms with van der Waals surface area (Å²) in [6, 6.07) is 14.5. The van der Waals surface area contributed by atoms with Gasteiger partial charge in [0.2, 0.25) is 5.76 Å². The van der Waals surface area contributed by atoms with E-state index in [2.05, 4.69) is 0 Å². The van der Waals surface area contributed by atoms with Gasteiger partial charge < -0.3 is 13.9 Å². The number of nitro benzene ring substituents is 1. The molecule has 3 rings (SSSR count). The topological polar surface area (TPSA) is 91.8 Å². The van der Waals surface area contributed by atoms with Crippen molar-refractivity contribution >= 4 is 11.7 Å². The molecule has 0 aliphatic rings. The van der Waals surface area contributed by atoms with E-state index in [1.54, 1.807) is 18.2 Å². The van der Waals surface area contributed by atoms with Gasteiger partial charge in [0.25, 0.3) is 5.69 Å². The van der Waals surface area contributed by atoms with Crippen LogP contribution >= 0.6 is 0 Å². The van der Waals surface area contributed by atoms with E-state index in [1.807, 2.05) is 0 Å². The summed E-state index contributed by atoms with van der Waals surface area (Å²) in [6.45, 7) is 0.443. The Morgan fingerprint density at radius 1 is 1.00 bits per heavy atom. The van der Waals surface area contributed by atoms with Crippen molar-refractivity contribution in [1.29, 1.82) is 0 Å². The maximum atomic E-state index is 12.8. The highest BCUT2D eigenvalue weighted by atomic mass is 19.1. The number of esters is 1. The normalized spacial score (nSPS) is 10.5. The molecule has 8 heteroatoms. The molecule has 0 aliphatic carbocycles. The molecule has 28 heavy (non-hydrogen) atoms. The van der Waals surface area contributed by atoms with Crippen LogP contribution in [0.25, 0.3) is 11.3 Å². The van der Waals surface area contributed by atoms with E-state index in [-0.39, 0.29) is 23.9 Å². The van der Waals surface area contributed by atoms with Gasteiger partial charge in [-0.15, -0.1) is 0 Å². The average Bonchev–Trinajstić information content (AvgIpc) is 3.19. The molecule has 0 atom stereocenters. The summed E-state index contributed by atoms with van der Waals surface area (Å²) in [5, 5.41) is 10.7. The van der Waals surface area contributed by atoms with Crippen LogP contribution in [-0.2, 0) is 4.74 Å². The molecule has 1 aromatic heterocycles. The minimum atomic E-state index is -0.616. The van der Waals surface area contributed by atoms with E-state index in [9.17, 15) is 19.3 Å². The maximum absolute atomic E-state index is 12.8. The molecule has 0 fully saturated rings. The summed E-state index contributed by atoms with van der Waals surface area (Å²) in [4.78, 5) is 22.2. The van der Waals surface area contributed by atoms with Crippen molar-refractivity contribution in [3.63, 3.8) is 0 Å². The number of hydrogen-bond donors (Lipinski definition) is 0. The third-order valence-corrected chi connectivity index (χ3v) is 3.77. The lowest BCUT2D eigenvalue weighted by Crippen LogP contribution is -2.08. The number of halogens is 1. The first-order valence-corrected chi connectivity index (χ1v) is 8.43. The largest absolute Gasteiger partial charge is 0.493 e. The van der Waals surface area contributed by atoms with Crippen LogP contribution in [-0.4, -0.2) is 24.1 Å². The van der Waals surface area contributed by atoms with E-state index < -0.39 is 10.9 Å². The SMILES string of the molecule is O=C(OCCCOc1ccc(F)cc1)c1ccc(-c2ccc([N+](=O)[O-])cc2)o1. The molecule has 0 saturated carbocycles. The van der Waals surface area contributed by atoms with Crippen LogP contribution in [0.4, 0.5) is 10.1 Å². The van der Waals surface area contributed by atoms with Gasteiger partial charge in [-0.05, 0) is 48.5 Å². The number of nitro groups is 1. The lowest BCUT2D eigenvalue weighted by molar-refractivity contribution is -0.384. The first-order chi connectivity index (χ1) is 13.5. The Balaban J connectivity index is 1.46. The quantitative estimate of drug-likeness (QED) is 0.243. The molecule has 144 valence electrons. The number of ether oxygens (including phenoxy) is 2. The predicted molar refractivity (Wildman–Crippen MR) is 97.6 cm³/mol. The Bertz CT molecular complexity index is 950. The maximum Gasteiger partial charge on any atom is 0.374 e. The minimum Gasteiger partial charge on any atom is -0.493 e. The third-order valence-electron chi connectivity index (χ3n) is 3.77. The molecular formula is C20H16FNO6. The molecule has 0 aliphatic heterocycles. The van der Waals surface area contributed by atoms with E-state index in [1.165, 1.54) is 42.5 Å². The van der Waals surface area contributed by atoms with E-state index in [4.69, 9.17) is 13.9 Å². The second-order valence-electron chi connectivity index (χ2n) is 5.76. The number of non-ortho nitro benzene ring substituents is 1. The van der Waals surface area contributed by atoms with Gasteiger partial charge in [0.15, 0.2) is 0 Å². The molecule has 0 spiro atoms. The van der Waals surface area contributed by atoms with Crippen molar-refractivity contribution in [2.75, 3.05) is 13.2 Å². The standard InChI is InChI=1S/C20H16FNO6/c21-15-4-8-17(9-5-15)26-12-1-13-27-20(23)19-11-10-18(28-19)14-2-6-16(7-3-14)22(24)25/h2-11H,1,12-13H2. The van der Waals surface area contributed by atoms with Gasteiger partial charge in [-0.1, -0.05) is 0 Å². The van der Waals surface area contributed by atoms with Gasteiger partial charge in [0.05, 0.1) is 18.1 Å². The highest BCUT2D eigenvalue weighted by Gasteiger charge is 2.14. The highest BCUT2D eigenvalue weighted by Crippen LogP contribution is 2.24. The summed E-state index contributed by atoms with van der Waals surface area (Å²) in [7, 11) is 0. The number of nitrogens with zero attached hydrogens (tertiary/aromatic N) is 1. The van der Waals surface area contributed by atoms with Gasteiger partial charge in [0, 0.05) is 24.1 Å². The monoisotopic (exact) mass is 385 g/mol. The van der Waals surface area contributed by atoms with Crippen LogP contribution in [0.1, 0.15) is 17.0 Å². The lowest BCUT2D eigenvalue weighted by atomic mass is 10.1. The molecular weight excluding hydrogens is 369 g/mol. The highest BCUT2D eigenvalue weighted by molar-refractivity contribution is 5.87. The van der Waals surface area contributed by atoms with Crippen LogP contribution in [0, 0.1) is 15.9 Å². The van der Waals surface area contributed by atoms with Crippen LogP contribution in [0.15, 0.2) is 65.1 Å². The summed E-state index contributed by atoms with van der Waals surface area (Å²) >= 11 is 0. The number of carbonyl (C=O) groups excluding carboxylic acids is 1. The average molecular weight is 385 g/mol. The number of furan rings is 1. The van der Waals surface area contributed by atoms with Crippen LogP contribution in [0.2, 0.25) is 0 Å². The molecule has 0 radical (unpaired) electrons. The number of carbonyl (C=O) groups is 1. The molecule has 0 unspecified atom stereocenters. The molecule has 0 N–H and O–H groups in total. The molecule has 7 nitrogen and oxygen atoms in total. The predicted octanol–water partition coefficient (Wildman–Crippen LogP) is 4.62. The van der Waals surface area contributed by atoms with E-state index in [0.29, 0.717) is 30.1 Å². The zero-order valence-electron chi connectivity index (χ0n) is 14.7. The van der Waals surface area contributed by atoms with Gasteiger partial charge in [-0.25, -0.2) is 9.18 Å². The number of benzene rings is 2. The van der Waals surface area contributed by atoms with Crippen molar-refractivity contribution < 1.29 is 28.0 Å². The lowest BCUT2D eigenvalue weighted by Gasteiger charge is -2.06. The Morgan fingerprint density at radius 3 is 2.39 bits per heavy atom. The molecule has 2 aromatic carbocycles. The zero-order chi connectivity index (χ0) is 19.9. The molecule has 0 amide bonds. The van der Waals surface area contributed by atoms with Crippen molar-refractivity contribution in [2.24, 2.45) is 0 Å². The molecule has 3 aromatic rings. The van der Waals surface area contributed by atoms with Crippen LogP contribution in [0.3, 0.4) is 0 Å². The van der Waals surface area contributed by atoms with E-state index >= 15 is 0 Å². The van der Waals surface area contributed by atoms with Gasteiger partial charge in [-0.2, -0.15) is 0 Å². The fourth-order valence-electron chi connectivity index (χ4n) is 2.37. The zero-order valence-corrected chi connectivity index (χ0v) is 14.7. The minimum absolute atomic E-state index is 0.0298. The first kappa shape index (κ1) is 19.1. The van der Waals surface area contributed by atoms with Gasteiger partial charge in [-0.3, -0.25) is 10.1 Å². The summed E-state index contributed by atoms with van der Waals surface area (Å²) in [6.07, 6.45) is 0.457. The first-order valence-electron chi connectivity index (χ1n) is 8.43. The Morgan fingerprint density at radius 2 is 1.71 bits per heavy atom. The fourth-order valence-corrected chi connectivity index (χ4v) is 2.37. The second-order valence-corrected chi connectivity index (χ2v) is 5.76. The number of rotatable bonds is 8. The Labute approximate surface area is 159 Å². The molecule has 0 bridgehead atoms.